The van der Waals surface area contributed by atoms with Gasteiger partial charge in [-0.15, -0.1) is 0 Å². The van der Waals surface area contributed by atoms with Gasteiger partial charge in [-0.05, 0) is 44.2 Å². The lowest BCUT2D eigenvalue weighted by atomic mass is 10.1. The molecule has 0 aromatic heterocycles. The van der Waals surface area contributed by atoms with Crippen LogP contribution in [0, 0.1) is 0 Å². The Morgan fingerprint density at radius 2 is 1.83 bits per heavy atom. The Bertz CT molecular complexity index is 844. The van der Waals surface area contributed by atoms with Crippen molar-refractivity contribution in [3.8, 4) is 0 Å². The molecular weight excluding hydrogens is 314 g/mol. The van der Waals surface area contributed by atoms with E-state index in [9.17, 15) is 18.9 Å². The molecule has 118 valence electrons. The summed E-state index contributed by atoms with van der Waals surface area (Å²) in [6.07, 6.45) is 0. The number of carbonyl (C=O) groups is 2. The molecule has 1 atom stereocenters. The second kappa shape index (κ2) is 5.62. The molecule has 1 unspecified atom stereocenters. The first-order chi connectivity index (χ1) is 10.9. The van der Waals surface area contributed by atoms with Gasteiger partial charge in [-0.2, -0.15) is 0 Å². The Morgan fingerprint density at radius 3 is 2.48 bits per heavy atom. The average Bonchev–Trinajstić information content (AvgIpc) is 2.62. The van der Waals surface area contributed by atoms with E-state index in [-0.39, 0.29) is 17.5 Å². The predicted octanol–water partition coefficient (Wildman–Crippen LogP) is 2.92. The van der Waals surface area contributed by atoms with Gasteiger partial charge in [0.05, 0.1) is 37.4 Å². The molecule has 2 aromatic rings. The Hall–Kier alpha value is -2.47. The van der Waals surface area contributed by atoms with E-state index >= 15 is 0 Å². The molecule has 3 rings (SSSR count). The number of hydrogen-bond acceptors (Lipinski definition) is 3. The summed E-state index contributed by atoms with van der Waals surface area (Å²) in [5, 5.41) is 9.21. The summed E-state index contributed by atoms with van der Waals surface area (Å²) in [4.78, 5) is 26.6. The predicted molar refractivity (Wildman–Crippen MR) is 86.5 cm³/mol. The molecule has 0 aliphatic carbocycles. The molecule has 1 N–H and O–H groups in total. The zero-order valence-corrected chi connectivity index (χ0v) is 13.5. The maximum atomic E-state index is 12.9. The van der Waals surface area contributed by atoms with Crippen molar-refractivity contribution < 1.29 is 18.9 Å². The number of aromatic carboxylic acids is 1. The summed E-state index contributed by atoms with van der Waals surface area (Å²) in [7, 11) is -1.54. The third kappa shape index (κ3) is 2.45. The van der Waals surface area contributed by atoms with Crippen LogP contribution >= 0.6 is 0 Å². The van der Waals surface area contributed by atoms with Gasteiger partial charge in [0.2, 0.25) is 0 Å². The topological polar surface area (TPSA) is 74.7 Å². The van der Waals surface area contributed by atoms with Crippen LogP contribution in [0.25, 0.3) is 0 Å². The highest BCUT2D eigenvalue weighted by atomic mass is 32.2. The number of benzene rings is 2. The molecule has 0 bridgehead atoms. The molecule has 6 heteroatoms. The van der Waals surface area contributed by atoms with Gasteiger partial charge in [0, 0.05) is 6.04 Å². The SMILES string of the molecule is CC(C)N1C(=O)c2ccccc2S(=O)c2ccc(C(=O)O)cc21. The zero-order valence-electron chi connectivity index (χ0n) is 12.6. The van der Waals surface area contributed by atoms with Crippen molar-refractivity contribution in [2.75, 3.05) is 4.90 Å². The van der Waals surface area contributed by atoms with Crippen molar-refractivity contribution in [3.63, 3.8) is 0 Å². The van der Waals surface area contributed by atoms with E-state index in [2.05, 4.69) is 0 Å². The lowest BCUT2D eigenvalue weighted by molar-refractivity contribution is 0.0696. The van der Waals surface area contributed by atoms with Gasteiger partial charge in [-0.25, -0.2) is 9.00 Å². The van der Waals surface area contributed by atoms with Crippen molar-refractivity contribution in [1.82, 2.24) is 0 Å². The van der Waals surface area contributed by atoms with Gasteiger partial charge in [0.1, 0.15) is 0 Å². The van der Waals surface area contributed by atoms with E-state index in [0.29, 0.717) is 21.0 Å². The quantitative estimate of drug-likeness (QED) is 0.919. The van der Waals surface area contributed by atoms with Crippen LogP contribution in [0.15, 0.2) is 52.3 Å². The van der Waals surface area contributed by atoms with E-state index in [0.717, 1.165) is 0 Å². The summed E-state index contributed by atoms with van der Waals surface area (Å²) in [5.74, 6) is -1.36. The molecule has 1 amide bonds. The van der Waals surface area contributed by atoms with E-state index in [1.54, 1.807) is 24.3 Å². The van der Waals surface area contributed by atoms with Crippen LogP contribution < -0.4 is 4.90 Å². The maximum Gasteiger partial charge on any atom is 0.335 e. The van der Waals surface area contributed by atoms with Crippen LogP contribution in [0.5, 0.6) is 0 Å². The second-order valence-electron chi connectivity index (χ2n) is 5.52. The average molecular weight is 329 g/mol. The van der Waals surface area contributed by atoms with Gasteiger partial charge in [0.25, 0.3) is 5.91 Å². The smallest absolute Gasteiger partial charge is 0.335 e. The van der Waals surface area contributed by atoms with Crippen molar-refractivity contribution in [2.45, 2.75) is 29.7 Å². The number of carboxylic acids is 1. The summed E-state index contributed by atoms with van der Waals surface area (Å²) >= 11 is 0. The van der Waals surface area contributed by atoms with Crippen LogP contribution in [-0.4, -0.2) is 27.2 Å². The number of fused-ring (bicyclic) bond motifs is 2. The number of anilines is 1. The monoisotopic (exact) mass is 329 g/mol. The summed E-state index contributed by atoms with van der Waals surface area (Å²) < 4.78 is 12.9. The van der Waals surface area contributed by atoms with Gasteiger partial charge >= 0.3 is 5.97 Å². The first-order valence-electron chi connectivity index (χ1n) is 7.13. The number of carboxylic acid groups (broad SMARTS) is 1. The minimum Gasteiger partial charge on any atom is -0.478 e. The van der Waals surface area contributed by atoms with Gasteiger partial charge in [-0.1, -0.05) is 12.1 Å². The molecule has 0 spiro atoms. The minimum atomic E-state index is -1.54. The third-order valence-corrected chi connectivity index (χ3v) is 5.22. The zero-order chi connectivity index (χ0) is 16.7. The van der Waals surface area contributed by atoms with Crippen molar-refractivity contribution >= 4 is 28.4 Å². The molecule has 0 fully saturated rings. The summed E-state index contributed by atoms with van der Waals surface area (Å²) in [6.45, 7) is 3.68. The molecule has 2 aromatic carbocycles. The molecule has 1 aliphatic heterocycles. The Kier molecular flexibility index (Phi) is 3.77. The molecule has 0 saturated heterocycles. The van der Waals surface area contributed by atoms with Crippen molar-refractivity contribution in [1.29, 1.82) is 0 Å². The fourth-order valence-electron chi connectivity index (χ4n) is 2.67. The largest absolute Gasteiger partial charge is 0.478 e. The van der Waals surface area contributed by atoms with Gasteiger partial charge in [-0.3, -0.25) is 4.79 Å². The number of hydrogen-bond donors (Lipinski definition) is 1. The molecule has 5 nitrogen and oxygen atoms in total. The van der Waals surface area contributed by atoms with E-state index in [1.807, 2.05) is 13.8 Å². The summed E-state index contributed by atoms with van der Waals surface area (Å²) in [6, 6.07) is 10.9. The minimum absolute atomic E-state index is 0.0603. The first kappa shape index (κ1) is 15.4. The van der Waals surface area contributed by atoms with E-state index in [4.69, 9.17) is 0 Å². The number of rotatable bonds is 2. The highest BCUT2D eigenvalue weighted by Crippen LogP contribution is 2.36. The lowest BCUT2D eigenvalue weighted by Crippen LogP contribution is -2.37. The first-order valence-corrected chi connectivity index (χ1v) is 8.28. The fourth-order valence-corrected chi connectivity index (χ4v) is 4.00. The Morgan fingerprint density at radius 1 is 1.13 bits per heavy atom. The van der Waals surface area contributed by atoms with Crippen LogP contribution in [0.4, 0.5) is 5.69 Å². The van der Waals surface area contributed by atoms with E-state index in [1.165, 1.54) is 23.1 Å². The highest BCUT2D eigenvalue weighted by Gasteiger charge is 2.32. The Balaban J connectivity index is 2.33. The molecule has 1 heterocycles. The van der Waals surface area contributed by atoms with Gasteiger partial charge in [0.15, 0.2) is 0 Å². The maximum absolute atomic E-state index is 12.9. The number of carbonyl (C=O) groups excluding carboxylic acids is 1. The molecular formula is C17H15NO4S. The number of nitrogens with zero attached hydrogens (tertiary/aromatic N) is 1. The van der Waals surface area contributed by atoms with Crippen molar-refractivity contribution in [2.24, 2.45) is 0 Å². The molecule has 0 saturated carbocycles. The molecule has 23 heavy (non-hydrogen) atoms. The van der Waals surface area contributed by atoms with Crippen LogP contribution in [0.3, 0.4) is 0 Å². The second-order valence-corrected chi connectivity index (χ2v) is 6.94. The van der Waals surface area contributed by atoms with Crippen LogP contribution in [-0.2, 0) is 10.8 Å². The molecule has 0 radical (unpaired) electrons. The third-order valence-electron chi connectivity index (χ3n) is 3.72. The highest BCUT2D eigenvalue weighted by molar-refractivity contribution is 7.85. The van der Waals surface area contributed by atoms with Gasteiger partial charge < -0.3 is 10.0 Å². The standard InChI is InChI=1S/C17H15NO4S/c1-10(2)18-13-9-11(17(20)21)7-8-15(13)23(22)14-6-4-3-5-12(14)16(18)19/h3-10H,1-2H3,(H,20,21). The summed E-state index contributed by atoms with van der Waals surface area (Å²) in [5.41, 5.74) is 0.831. The molecule has 1 aliphatic rings. The van der Waals surface area contributed by atoms with Crippen molar-refractivity contribution in [3.05, 3.63) is 53.6 Å². The normalized spacial score (nSPS) is 16.7. The number of amides is 1. The fraction of sp³-hybridized carbons (Fsp3) is 0.176. The van der Waals surface area contributed by atoms with Crippen LogP contribution in [0.1, 0.15) is 34.6 Å². The lowest BCUT2D eigenvalue weighted by Gasteiger charge is -2.27. The van der Waals surface area contributed by atoms with Crippen LogP contribution in [0.2, 0.25) is 0 Å². The van der Waals surface area contributed by atoms with E-state index < -0.39 is 16.8 Å². The Labute approximate surface area is 136 Å².